The first-order valence-electron chi connectivity index (χ1n) is 11.4. The van der Waals surface area contributed by atoms with E-state index in [1.165, 1.54) is 17.7 Å². The molecule has 4 nitrogen and oxygen atoms in total. The Morgan fingerprint density at radius 1 is 1.06 bits per heavy atom. The molecule has 3 aromatic carbocycles. The lowest BCUT2D eigenvalue weighted by atomic mass is 9.69. The molecule has 0 saturated carbocycles. The second kappa shape index (κ2) is 8.07. The van der Waals surface area contributed by atoms with Gasteiger partial charge in [0.25, 0.3) is 10.0 Å². The van der Waals surface area contributed by atoms with E-state index in [2.05, 4.69) is 25.5 Å². The fourth-order valence-electron chi connectivity index (χ4n) is 4.95. The number of hydrogen-bond donors (Lipinski definition) is 1. The molecule has 1 atom stereocenters. The van der Waals surface area contributed by atoms with Crippen LogP contribution in [0.3, 0.4) is 0 Å². The van der Waals surface area contributed by atoms with E-state index in [1.54, 1.807) is 12.1 Å². The first-order chi connectivity index (χ1) is 15.7. The standard InChI is InChI=1S/C27H28ClNO3S/c1-4-27(2,3)17-9-14-25-22(15-17)23-16-24(20-7-5-6-8-21(20)26(23)32-25)29-33(30,31)19-12-10-18(28)11-13-19/h5-8,10-13,16-17,29H,4,9,14-15H2,1-3H3/t17-/m1/s1. The third-order valence-electron chi connectivity index (χ3n) is 7.44. The van der Waals surface area contributed by atoms with Crippen LogP contribution in [0.1, 0.15) is 44.9 Å². The molecule has 0 spiro atoms. The summed E-state index contributed by atoms with van der Waals surface area (Å²) in [6, 6.07) is 16.0. The minimum Gasteiger partial charge on any atom is -0.460 e. The first-order valence-corrected chi connectivity index (χ1v) is 13.3. The maximum atomic E-state index is 13.2. The molecule has 6 heteroatoms. The quantitative estimate of drug-likeness (QED) is 0.319. The van der Waals surface area contributed by atoms with Crippen molar-refractivity contribution < 1.29 is 12.8 Å². The number of halogens is 1. The number of benzene rings is 3. The van der Waals surface area contributed by atoms with E-state index in [4.69, 9.17) is 16.0 Å². The van der Waals surface area contributed by atoms with Crippen LogP contribution in [0.15, 0.2) is 63.9 Å². The maximum Gasteiger partial charge on any atom is 0.261 e. The zero-order valence-corrected chi connectivity index (χ0v) is 20.7. The molecule has 0 radical (unpaired) electrons. The Bertz CT molecular complexity index is 1450. The van der Waals surface area contributed by atoms with Crippen molar-refractivity contribution >= 4 is 49.1 Å². The number of rotatable bonds is 5. The zero-order chi connectivity index (χ0) is 23.4. The number of aryl methyl sites for hydroxylation is 1. The molecule has 5 rings (SSSR count). The van der Waals surface area contributed by atoms with Crippen LogP contribution in [-0.4, -0.2) is 8.42 Å². The fraction of sp³-hybridized carbons (Fsp3) is 0.333. The largest absolute Gasteiger partial charge is 0.460 e. The minimum atomic E-state index is -3.77. The molecule has 33 heavy (non-hydrogen) atoms. The Morgan fingerprint density at radius 2 is 1.76 bits per heavy atom. The van der Waals surface area contributed by atoms with Gasteiger partial charge >= 0.3 is 0 Å². The van der Waals surface area contributed by atoms with Gasteiger partial charge in [-0.1, -0.05) is 63.1 Å². The maximum absolute atomic E-state index is 13.2. The summed E-state index contributed by atoms with van der Waals surface area (Å²) in [5.74, 6) is 1.60. The summed E-state index contributed by atoms with van der Waals surface area (Å²) in [5, 5.41) is 3.24. The van der Waals surface area contributed by atoms with E-state index in [0.717, 1.165) is 53.2 Å². The van der Waals surface area contributed by atoms with Gasteiger partial charge in [0.1, 0.15) is 11.3 Å². The van der Waals surface area contributed by atoms with Gasteiger partial charge in [-0.2, -0.15) is 0 Å². The number of anilines is 1. The Balaban J connectivity index is 1.65. The summed E-state index contributed by atoms with van der Waals surface area (Å²) >= 11 is 5.95. The van der Waals surface area contributed by atoms with Crippen molar-refractivity contribution in [1.82, 2.24) is 0 Å². The molecule has 172 valence electrons. The molecule has 0 unspecified atom stereocenters. The van der Waals surface area contributed by atoms with E-state index in [1.807, 2.05) is 30.3 Å². The Morgan fingerprint density at radius 3 is 2.45 bits per heavy atom. The van der Waals surface area contributed by atoms with Gasteiger partial charge in [-0.25, -0.2) is 8.42 Å². The number of furan rings is 1. The van der Waals surface area contributed by atoms with Gasteiger partial charge in [0, 0.05) is 33.2 Å². The average Bonchev–Trinajstić information content (AvgIpc) is 3.17. The number of hydrogen-bond acceptors (Lipinski definition) is 3. The minimum absolute atomic E-state index is 0.176. The molecule has 0 aliphatic heterocycles. The van der Waals surface area contributed by atoms with Crippen LogP contribution in [0.2, 0.25) is 5.02 Å². The van der Waals surface area contributed by atoms with E-state index in [-0.39, 0.29) is 10.3 Å². The first kappa shape index (κ1) is 22.3. The lowest BCUT2D eigenvalue weighted by Gasteiger charge is -2.36. The summed E-state index contributed by atoms with van der Waals surface area (Å²) in [6.45, 7) is 6.93. The predicted octanol–water partition coefficient (Wildman–Crippen LogP) is 7.58. The predicted molar refractivity (Wildman–Crippen MR) is 136 cm³/mol. The Kier molecular flexibility index (Phi) is 5.45. The topological polar surface area (TPSA) is 59.3 Å². The molecular formula is C27H28ClNO3S. The lowest BCUT2D eigenvalue weighted by molar-refractivity contribution is 0.179. The van der Waals surface area contributed by atoms with Gasteiger partial charge in [0.2, 0.25) is 0 Å². The highest BCUT2D eigenvalue weighted by atomic mass is 35.5. The monoisotopic (exact) mass is 481 g/mol. The van der Waals surface area contributed by atoms with Gasteiger partial charge in [0.05, 0.1) is 10.6 Å². The van der Waals surface area contributed by atoms with Gasteiger partial charge in [0.15, 0.2) is 0 Å². The van der Waals surface area contributed by atoms with Crippen LogP contribution in [0, 0.1) is 11.3 Å². The smallest absolute Gasteiger partial charge is 0.261 e. The highest BCUT2D eigenvalue weighted by Gasteiger charge is 2.34. The molecule has 1 aromatic heterocycles. The fourth-order valence-corrected chi connectivity index (χ4v) is 6.15. The van der Waals surface area contributed by atoms with E-state index < -0.39 is 10.0 Å². The van der Waals surface area contributed by atoms with E-state index in [0.29, 0.717) is 16.6 Å². The molecule has 1 N–H and O–H groups in total. The van der Waals surface area contributed by atoms with Gasteiger partial charge in [-0.05, 0) is 54.5 Å². The van der Waals surface area contributed by atoms with Crippen molar-refractivity contribution in [2.75, 3.05) is 4.72 Å². The third-order valence-corrected chi connectivity index (χ3v) is 9.07. The summed E-state index contributed by atoms with van der Waals surface area (Å²) in [5.41, 5.74) is 2.88. The molecule has 1 aliphatic rings. The SMILES string of the molecule is CCC(C)(C)[C@@H]1CCc2oc3c(cc(NS(=O)(=O)c4ccc(Cl)cc4)c4ccccc43)c2C1. The summed E-state index contributed by atoms with van der Waals surface area (Å²) in [6.07, 6.45) is 4.10. The molecule has 0 saturated heterocycles. The van der Waals surface area contributed by atoms with Crippen LogP contribution in [-0.2, 0) is 22.9 Å². The molecule has 0 bridgehead atoms. The lowest BCUT2D eigenvalue weighted by Crippen LogP contribution is -2.28. The van der Waals surface area contributed by atoms with Gasteiger partial charge < -0.3 is 4.42 Å². The summed E-state index contributed by atoms with van der Waals surface area (Å²) in [7, 11) is -3.77. The summed E-state index contributed by atoms with van der Waals surface area (Å²) < 4.78 is 35.5. The number of nitrogens with one attached hydrogen (secondary N) is 1. The Labute approximate surface area is 200 Å². The third kappa shape index (κ3) is 3.91. The van der Waals surface area contributed by atoms with Crippen LogP contribution >= 0.6 is 11.6 Å². The highest BCUT2D eigenvalue weighted by molar-refractivity contribution is 7.92. The highest BCUT2D eigenvalue weighted by Crippen LogP contribution is 2.45. The zero-order valence-electron chi connectivity index (χ0n) is 19.1. The second-order valence-electron chi connectivity index (χ2n) is 9.69. The number of sulfonamides is 1. The van der Waals surface area contributed by atoms with Gasteiger partial charge in [-0.3, -0.25) is 4.72 Å². The summed E-state index contributed by atoms with van der Waals surface area (Å²) in [4.78, 5) is 0.176. The van der Waals surface area contributed by atoms with Crippen LogP contribution in [0.25, 0.3) is 21.7 Å². The molecule has 1 heterocycles. The van der Waals surface area contributed by atoms with Crippen molar-refractivity contribution in [3.8, 4) is 0 Å². The van der Waals surface area contributed by atoms with E-state index >= 15 is 0 Å². The van der Waals surface area contributed by atoms with Crippen molar-refractivity contribution in [2.45, 2.75) is 51.3 Å². The van der Waals surface area contributed by atoms with Crippen molar-refractivity contribution in [1.29, 1.82) is 0 Å². The van der Waals surface area contributed by atoms with Crippen molar-refractivity contribution in [3.05, 3.63) is 70.9 Å². The van der Waals surface area contributed by atoms with E-state index in [9.17, 15) is 8.42 Å². The van der Waals surface area contributed by atoms with Crippen molar-refractivity contribution in [3.63, 3.8) is 0 Å². The van der Waals surface area contributed by atoms with Crippen LogP contribution in [0.5, 0.6) is 0 Å². The van der Waals surface area contributed by atoms with Crippen LogP contribution < -0.4 is 4.72 Å². The average molecular weight is 482 g/mol. The number of fused-ring (bicyclic) bond motifs is 5. The molecular weight excluding hydrogens is 454 g/mol. The van der Waals surface area contributed by atoms with Gasteiger partial charge in [-0.15, -0.1) is 0 Å². The molecule has 1 aliphatic carbocycles. The second-order valence-corrected chi connectivity index (χ2v) is 11.8. The normalized spacial score (nSPS) is 16.8. The molecule has 4 aromatic rings. The molecule has 0 amide bonds. The molecule has 0 fully saturated rings. The van der Waals surface area contributed by atoms with Crippen molar-refractivity contribution in [2.24, 2.45) is 11.3 Å². The Hall–Kier alpha value is -2.50. The van der Waals surface area contributed by atoms with Crippen LogP contribution in [0.4, 0.5) is 5.69 Å².